The van der Waals surface area contributed by atoms with Gasteiger partial charge >= 0.3 is 5.97 Å². The molecule has 154 valence electrons. The average Bonchev–Trinajstić information content (AvgIpc) is 2.86. The number of carbonyl (C=O) groups excluding carboxylic acids is 1. The first-order valence-corrected chi connectivity index (χ1v) is 11.2. The second-order valence-electron chi connectivity index (χ2n) is 10.8. The van der Waals surface area contributed by atoms with Crippen LogP contribution in [0.25, 0.3) is 0 Å². The average molecular weight is 379 g/mol. The molecule has 0 aromatic carbocycles. The van der Waals surface area contributed by atoms with Gasteiger partial charge < -0.3 is 14.9 Å². The maximum atomic E-state index is 12.0. The summed E-state index contributed by atoms with van der Waals surface area (Å²) in [6.45, 7) is 8.12. The van der Waals surface area contributed by atoms with Gasteiger partial charge in [-0.25, -0.2) is 0 Å². The van der Waals surface area contributed by atoms with E-state index in [4.69, 9.17) is 4.74 Å². The van der Waals surface area contributed by atoms with E-state index >= 15 is 0 Å². The van der Waals surface area contributed by atoms with Crippen molar-refractivity contribution in [2.75, 3.05) is 0 Å². The minimum absolute atomic E-state index is 0.0835. The molecule has 0 heterocycles. The zero-order valence-electron chi connectivity index (χ0n) is 17.5. The lowest BCUT2D eigenvalue weighted by Gasteiger charge is -2.63. The van der Waals surface area contributed by atoms with Gasteiger partial charge in [0.15, 0.2) is 0 Å². The molecule has 27 heavy (non-hydrogen) atoms. The highest BCUT2D eigenvalue weighted by molar-refractivity contribution is 5.66. The summed E-state index contributed by atoms with van der Waals surface area (Å²) in [5.74, 6) is 1.56. The maximum absolute atomic E-state index is 12.0. The van der Waals surface area contributed by atoms with Crippen molar-refractivity contribution in [1.82, 2.24) is 0 Å². The molecule has 0 aliphatic heterocycles. The van der Waals surface area contributed by atoms with Crippen LogP contribution in [0.3, 0.4) is 0 Å². The van der Waals surface area contributed by atoms with Crippen molar-refractivity contribution in [2.45, 2.75) is 103 Å². The van der Waals surface area contributed by atoms with E-state index in [9.17, 15) is 15.0 Å². The number of hydrogen-bond acceptors (Lipinski definition) is 4. The number of carbonyl (C=O) groups is 1. The lowest BCUT2D eigenvalue weighted by Crippen LogP contribution is -2.62. The standard InChI is InChI=1S/C23H38O4/c1-14(24)18-9-12-23(26)20-6-5-16-13-17(27-15(2)25)7-10-21(16,3)19(20)8-11-22(18,23)4/h14,16-20,24,26H,5-13H2,1-4H3/t14-,16-,17-,18+,19-,20-,21-,22+,23-/m0/s1. The molecular weight excluding hydrogens is 340 g/mol. The van der Waals surface area contributed by atoms with Crippen LogP contribution in [0.15, 0.2) is 0 Å². The summed E-state index contributed by atoms with van der Waals surface area (Å²) in [7, 11) is 0. The van der Waals surface area contributed by atoms with Crippen LogP contribution >= 0.6 is 0 Å². The van der Waals surface area contributed by atoms with E-state index < -0.39 is 5.60 Å². The zero-order valence-corrected chi connectivity index (χ0v) is 17.5. The topological polar surface area (TPSA) is 66.8 Å². The molecule has 0 amide bonds. The third-order valence-electron chi connectivity index (χ3n) is 9.79. The summed E-state index contributed by atoms with van der Waals surface area (Å²) < 4.78 is 5.55. The van der Waals surface area contributed by atoms with Gasteiger partial charge in [0.05, 0.1) is 11.7 Å². The summed E-state index contributed by atoms with van der Waals surface area (Å²) in [4.78, 5) is 11.4. The Balaban J connectivity index is 1.58. The van der Waals surface area contributed by atoms with Crippen molar-refractivity contribution < 1.29 is 19.7 Å². The summed E-state index contributed by atoms with van der Waals surface area (Å²) in [5.41, 5.74) is -0.529. The number of aliphatic hydroxyl groups excluding tert-OH is 1. The van der Waals surface area contributed by atoms with Crippen LogP contribution in [0.5, 0.6) is 0 Å². The SMILES string of the molecule is CC(=O)O[C@H]1CC[C@@]2(C)[C@@H](CC[C@H]3[C@@H]2CC[C@]2(C)[C@@H]([C@H](C)O)CC[C@]32O)C1. The van der Waals surface area contributed by atoms with Crippen LogP contribution in [0, 0.1) is 34.5 Å². The van der Waals surface area contributed by atoms with Gasteiger partial charge in [0, 0.05) is 12.3 Å². The quantitative estimate of drug-likeness (QED) is 0.711. The first-order valence-electron chi connectivity index (χ1n) is 11.2. The molecule has 0 aromatic heterocycles. The Morgan fingerprint density at radius 3 is 2.44 bits per heavy atom. The van der Waals surface area contributed by atoms with Crippen LogP contribution in [0.1, 0.15) is 85.5 Å². The number of aliphatic hydroxyl groups is 2. The molecule has 0 bridgehead atoms. The third-order valence-corrected chi connectivity index (χ3v) is 9.79. The lowest BCUT2D eigenvalue weighted by atomic mass is 9.43. The lowest BCUT2D eigenvalue weighted by molar-refractivity contribution is -0.216. The van der Waals surface area contributed by atoms with Gasteiger partial charge in [-0.15, -0.1) is 0 Å². The van der Waals surface area contributed by atoms with Crippen LogP contribution < -0.4 is 0 Å². The minimum Gasteiger partial charge on any atom is -0.463 e. The highest BCUT2D eigenvalue weighted by Crippen LogP contribution is 2.69. The largest absolute Gasteiger partial charge is 0.463 e. The number of hydrogen-bond donors (Lipinski definition) is 2. The molecule has 4 aliphatic rings. The molecule has 4 saturated carbocycles. The molecule has 4 heteroatoms. The molecule has 0 spiro atoms. The Bertz CT molecular complexity index is 603. The van der Waals surface area contributed by atoms with Crippen molar-refractivity contribution >= 4 is 5.97 Å². The molecule has 9 atom stereocenters. The zero-order chi connectivity index (χ0) is 19.6. The Labute approximate surface area is 164 Å². The molecule has 4 aliphatic carbocycles. The van der Waals surface area contributed by atoms with E-state index in [1.165, 1.54) is 6.92 Å². The van der Waals surface area contributed by atoms with E-state index in [0.29, 0.717) is 17.8 Å². The normalized spacial score (nSPS) is 53.0. The summed E-state index contributed by atoms with van der Waals surface area (Å²) in [6.07, 6.45) is 8.99. The molecule has 4 nitrogen and oxygen atoms in total. The van der Waals surface area contributed by atoms with Crippen molar-refractivity contribution in [3.05, 3.63) is 0 Å². The Morgan fingerprint density at radius 2 is 1.78 bits per heavy atom. The van der Waals surface area contributed by atoms with Crippen molar-refractivity contribution in [3.8, 4) is 0 Å². The summed E-state index contributed by atoms with van der Waals surface area (Å²) in [6, 6.07) is 0. The fourth-order valence-corrected chi connectivity index (χ4v) is 8.34. The van der Waals surface area contributed by atoms with E-state index in [1.54, 1.807) is 0 Å². The first kappa shape index (κ1) is 19.7. The predicted octanol–water partition coefficient (Wildman–Crippen LogP) is 4.07. The van der Waals surface area contributed by atoms with Gasteiger partial charge in [0.25, 0.3) is 0 Å². The van der Waals surface area contributed by atoms with Crippen LogP contribution in [0.4, 0.5) is 0 Å². The number of ether oxygens (including phenoxy) is 1. The Kier molecular flexibility index (Phi) is 4.71. The maximum Gasteiger partial charge on any atom is 0.302 e. The number of rotatable bonds is 2. The number of fused-ring (bicyclic) bond motifs is 5. The first-order chi connectivity index (χ1) is 12.6. The fourth-order valence-electron chi connectivity index (χ4n) is 8.34. The van der Waals surface area contributed by atoms with Gasteiger partial charge in [-0.1, -0.05) is 13.8 Å². The fraction of sp³-hybridized carbons (Fsp3) is 0.957. The summed E-state index contributed by atoms with van der Waals surface area (Å²) >= 11 is 0. The minimum atomic E-state index is -0.627. The number of esters is 1. The second kappa shape index (κ2) is 6.45. The van der Waals surface area contributed by atoms with Gasteiger partial charge in [0.2, 0.25) is 0 Å². The third kappa shape index (κ3) is 2.73. The second-order valence-corrected chi connectivity index (χ2v) is 10.8. The Hall–Kier alpha value is -0.610. The Morgan fingerprint density at radius 1 is 1.04 bits per heavy atom. The smallest absolute Gasteiger partial charge is 0.302 e. The van der Waals surface area contributed by atoms with Crippen LogP contribution in [-0.4, -0.2) is 34.0 Å². The highest BCUT2D eigenvalue weighted by Gasteiger charge is 2.67. The van der Waals surface area contributed by atoms with Crippen molar-refractivity contribution in [3.63, 3.8) is 0 Å². The van der Waals surface area contributed by atoms with Crippen LogP contribution in [-0.2, 0) is 9.53 Å². The molecule has 0 saturated heterocycles. The molecule has 0 unspecified atom stereocenters. The van der Waals surface area contributed by atoms with Crippen molar-refractivity contribution in [1.29, 1.82) is 0 Å². The van der Waals surface area contributed by atoms with E-state index in [0.717, 1.165) is 57.8 Å². The molecule has 4 rings (SSSR count). The van der Waals surface area contributed by atoms with E-state index in [2.05, 4.69) is 13.8 Å². The molecule has 4 fully saturated rings. The molecule has 0 aromatic rings. The van der Waals surface area contributed by atoms with E-state index in [-0.39, 0.29) is 34.9 Å². The van der Waals surface area contributed by atoms with Crippen LogP contribution in [0.2, 0.25) is 0 Å². The van der Waals surface area contributed by atoms with Gasteiger partial charge in [0.1, 0.15) is 6.10 Å². The highest BCUT2D eigenvalue weighted by atomic mass is 16.5. The van der Waals surface area contributed by atoms with Crippen molar-refractivity contribution in [2.24, 2.45) is 34.5 Å². The molecular formula is C23H38O4. The van der Waals surface area contributed by atoms with E-state index in [1.807, 2.05) is 6.92 Å². The van der Waals surface area contributed by atoms with Gasteiger partial charge in [-0.05, 0) is 93.8 Å². The van der Waals surface area contributed by atoms with Gasteiger partial charge in [-0.3, -0.25) is 4.79 Å². The molecule has 0 radical (unpaired) electrons. The summed E-state index contributed by atoms with van der Waals surface area (Å²) in [5, 5.41) is 22.3. The molecule has 2 N–H and O–H groups in total. The van der Waals surface area contributed by atoms with Gasteiger partial charge in [-0.2, -0.15) is 0 Å². The monoisotopic (exact) mass is 378 g/mol. The predicted molar refractivity (Wildman–Crippen MR) is 104 cm³/mol.